The van der Waals surface area contributed by atoms with E-state index < -0.39 is 0 Å². The average Bonchev–Trinajstić information content (AvgIpc) is 3.16. The standard InChI is InChI=1S/C18H18N4O3S/c1-23-14-7-3-12(4-8-14)17-21-16(25-22-17)11-19-18(26)20-13-5-9-15(24-2)10-6-13/h3-10H,11H2,1-2H3,(H2,19,20,26). The summed E-state index contributed by atoms with van der Waals surface area (Å²) in [5, 5.41) is 10.5. The molecule has 8 heteroatoms. The molecule has 7 nitrogen and oxygen atoms in total. The summed E-state index contributed by atoms with van der Waals surface area (Å²) in [7, 11) is 3.25. The maximum Gasteiger partial charge on any atom is 0.246 e. The number of thiocarbonyl (C=S) groups is 1. The lowest BCUT2D eigenvalue weighted by atomic mass is 10.2. The van der Waals surface area contributed by atoms with Crippen LogP contribution in [0.3, 0.4) is 0 Å². The molecule has 0 atom stereocenters. The summed E-state index contributed by atoms with van der Waals surface area (Å²) in [6.45, 7) is 0.325. The molecule has 0 unspecified atom stereocenters. The minimum atomic E-state index is 0.325. The molecule has 0 saturated carbocycles. The summed E-state index contributed by atoms with van der Waals surface area (Å²) < 4.78 is 15.5. The predicted octanol–water partition coefficient (Wildman–Crippen LogP) is 3.24. The zero-order chi connectivity index (χ0) is 18.4. The monoisotopic (exact) mass is 370 g/mol. The lowest BCUT2D eigenvalue weighted by Crippen LogP contribution is -2.27. The summed E-state index contributed by atoms with van der Waals surface area (Å²) in [5.74, 6) is 2.51. The van der Waals surface area contributed by atoms with Crippen LogP contribution in [0.1, 0.15) is 5.89 Å². The first kappa shape index (κ1) is 17.7. The summed E-state index contributed by atoms with van der Waals surface area (Å²) in [6.07, 6.45) is 0. The first-order chi connectivity index (χ1) is 12.7. The molecule has 3 rings (SSSR count). The fourth-order valence-corrected chi connectivity index (χ4v) is 2.38. The van der Waals surface area contributed by atoms with Crippen molar-refractivity contribution in [1.82, 2.24) is 15.5 Å². The molecule has 134 valence electrons. The third kappa shape index (κ3) is 4.48. The van der Waals surface area contributed by atoms with Crippen LogP contribution < -0.4 is 20.1 Å². The summed E-state index contributed by atoms with van der Waals surface area (Å²) >= 11 is 5.27. The molecule has 2 aromatic carbocycles. The Morgan fingerprint density at radius 2 is 1.62 bits per heavy atom. The van der Waals surface area contributed by atoms with Crippen LogP contribution in [-0.2, 0) is 6.54 Å². The molecule has 0 bridgehead atoms. The molecule has 0 fully saturated rings. The van der Waals surface area contributed by atoms with Crippen molar-refractivity contribution in [3.8, 4) is 22.9 Å². The quantitative estimate of drug-likeness (QED) is 0.640. The van der Waals surface area contributed by atoms with Gasteiger partial charge >= 0.3 is 0 Å². The topological polar surface area (TPSA) is 81.4 Å². The zero-order valence-corrected chi connectivity index (χ0v) is 15.2. The summed E-state index contributed by atoms with van der Waals surface area (Å²) in [5.41, 5.74) is 1.70. The number of anilines is 1. The second-order valence-electron chi connectivity index (χ2n) is 5.28. The molecule has 0 aliphatic rings. The Labute approximate surface area is 156 Å². The molecule has 0 spiro atoms. The molecule has 0 amide bonds. The van der Waals surface area contributed by atoms with Gasteiger partial charge in [0.2, 0.25) is 11.7 Å². The summed E-state index contributed by atoms with van der Waals surface area (Å²) in [4.78, 5) is 4.35. The van der Waals surface area contributed by atoms with Gasteiger partial charge in [0.25, 0.3) is 0 Å². The van der Waals surface area contributed by atoms with Crippen molar-refractivity contribution in [2.24, 2.45) is 0 Å². The van der Waals surface area contributed by atoms with Crippen LogP contribution in [0.25, 0.3) is 11.4 Å². The molecular weight excluding hydrogens is 352 g/mol. The highest BCUT2D eigenvalue weighted by molar-refractivity contribution is 7.80. The van der Waals surface area contributed by atoms with Gasteiger partial charge in [0.05, 0.1) is 20.8 Å². The SMILES string of the molecule is COc1ccc(NC(=S)NCc2nc(-c3ccc(OC)cc3)no2)cc1. The minimum absolute atomic E-state index is 0.325. The highest BCUT2D eigenvalue weighted by Gasteiger charge is 2.09. The number of nitrogens with zero attached hydrogens (tertiary/aromatic N) is 2. The van der Waals surface area contributed by atoms with E-state index in [1.807, 2.05) is 48.5 Å². The van der Waals surface area contributed by atoms with Crippen molar-refractivity contribution in [2.75, 3.05) is 19.5 Å². The molecule has 0 radical (unpaired) electrons. The van der Waals surface area contributed by atoms with Crippen molar-refractivity contribution < 1.29 is 14.0 Å². The Balaban J connectivity index is 1.54. The lowest BCUT2D eigenvalue weighted by Gasteiger charge is -2.09. The predicted molar refractivity (Wildman–Crippen MR) is 102 cm³/mol. The Kier molecular flexibility index (Phi) is 5.65. The van der Waals surface area contributed by atoms with E-state index in [1.165, 1.54) is 0 Å². The molecule has 1 heterocycles. The van der Waals surface area contributed by atoms with E-state index in [0.717, 1.165) is 22.7 Å². The minimum Gasteiger partial charge on any atom is -0.497 e. The third-order valence-electron chi connectivity index (χ3n) is 3.56. The molecule has 0 aliphatic heterocycles. The van der Waals surface area contributed by atoms with E-state index in [0.29, 0.717) is 23.4 Å². The van der Waals surface area contributed by atoms with Gasteiger partial charge in [0.15, 0.2) is 5.11 Å². The number of rotatable bonds is 6. The molecule has 2 N–H and O–H groups in total. The van der Waals surface area contributed by atoms with E-state index in [4.69, 9.17) is 26.2 Å². The molecular formula is C18H18N4O3S. The van der Waals surface area contributed by atoms with Gasteiger partial charge in [0.1, 0.15) is 11.5 Å². The van der Waals surface area contributed by atoms with Gasteiger partial charge in [-0.3, -0.25) is 0 Å². The van der Waals surface area contributed by atoms with Crippen molar-refractivity contribution in [2.45, 2.75) is 6.54 Å². The second kappa shape index (κ2) is 8.30. The number of benzene rings is 2. The molecule has 3 aromatic rings. The number of hydrogen-bond acceptors (Lipinski definition) is 6. The number of hydrogen-bond donors (Lipinski definition) is 2. The van der Waals surface area contributed by atoms with Gasteiger partial charge in [-0.25, -0.2) is 0 Å². The van der Waals surface area contributed by atoms with E-state index in [9.17, 15) is 0 Å². The average molecular weight is 370 g/mol. The number of ether oxygens (including phenoxy) is 2. The van der Waals surface area contributed by atoms with Gasteiger partial charge in [-0.2, -0.15) is 4.98 Å². The van der Waals surface area contributed by atoms with Crippen LogP contribution in [0, 0.1) is 0 Å². The fraction of sp³-hybridized carbons (Fsp3) is 0.167. The van der Waals surface area contributed by atoms with Gasteiger partial charge in [-0.05, 0) is 60.7 Å². The van der Waals surface area contributed by atoms with Crippen LogP contribution in [0.2, 0.25) is 0 Å². The van der Waals surface area contributed by atoms with Gasteiger partial charge in [-0.15, -0.1) is 0 Å². The Hall–Kier alpha value is -3.13. The fourth-order valence-electron chi connectivity index (χ4n) is 2.19. The number of nitrogens with one attached hydrogen (secondary N) is 2. The maximum atomic E-state index is 5.27. The second-order valence-corrected chi connectivity index (χ2v) is 5.68. The molecule has 1 aromatic heterocycles. The van der Waals surface area contributed by atoms with Crippen LogP contribution in [0.5, 0.6) is 11.5 Å². The molecule has 26 heavy (non-hydrogen) atoms. The van der Waals surface area contributed by atoms with Crippen LogP contribution in [-0.4, -0.2) is 29.5 Å². The Bertz CT molecular complexity index is 863. The first-order valence-corrected chi connectivity index (χ1v) is 8.24. The van der Waals surface area contributed by atoms with Crippen molar-refractivity contribution >= 4 is 23.0 Å². The Morgan fingerprint density at radius 1 is 1.00 bits per heavy atom. The summed E-state index contributed by atoms with van der Waals surface area (Å²) in [6, 6.07) is 14.9. The number of methoxy groups -OCH3 is 2. The lowest BCUT2D eigenvalue weighted by molar-refractivity contribution is 0.376. The maximum absolute atomic E-state index is 5.27. The van der Waals surface area contributed by atoms with Gasteiger partial charge in [-0.1, -0.05) is 5.16 Å². The largest absolute Gasteiger partial charge is 0.497 e. The van der Waals surface area contributed by atoms with Crippen molar-refractivity contribution in [1.29, 1.82) is 0 Å². The highest BCUT2D eigenvalue weighted by Crippen LogP contribution is 2.19. The first-order valence-electron chi connectivity index (χ1n) is 7.84. The molecule has 0 aliphatic carbocycles. The van der Waals surface area contributed by atoms with Gasteiger partial charge in [0, 0.05) is 11.3 Å². The normalized spacial score (nSPS) is 10.2. The third-order valence-corrected chi connectivity index (χ3v) is 3.81. The Morgan fingerprint density at radius 3 is 2.23 bits per heavy atom. The highest BCUT2D eigenvalue weighted by atomic mass is 32.1. The number of aromatic nitrogens is 2. The van der Waals surface area contributed by atoms with E-state index >= 15 is 0 Å². The van der Waals surface area contributed by atoms with E-state index in [1.54, 1.807) is 14.2 Å². The van der Waals surface area contributed by atoms with Crippen LogP contribution >= 0.6 is 12.2 Å². The van der Waals surface area contributed by atoms with E-state index in [-0.39, 0.29) is 0 Å². The van der Waals surface area contributed by atoms with Crippen molar-refractivity contribution in [3.05, 3.63) is 54.4 Å². The van der Waals surface area contributed by atoms with E-state index in [2.05, 4.69) is 20.8 Å². The smallest absolute Gasteiger partial charge is 0.246 e. The molecule has 0 saturated heterocycles. The van der Waals surface area contributed by atoms with Gasteiger partial charge < -0.3 is 24.6 Å². The van der Waals surface area contributed by atoms with Crippen LogP contribution in [0.4, 0.5) is 5.69 Å². The van der Waals surface area contributed by atoms with Crippen molar-refractivity contribution in [3.63, 3.8) is 0 Å². The van der Waals surface area contributed by atoms with Crippen LogP contribution in [0.15, 0.2) is 53.1 Å². The zero-order valence-electron chi connectivity index (χ0n) is 14.4.